The first-order chi connectivity index (χ1) is 8.46. The Hall–Kier alpha value is -1.48. The number of hydrogen-bond donors (Lipinski definition) is 1. The number of carboxylic acids is 1. The fourth-order valence-corrected chi connectivity index (χ4v) is 2.03. The summed E-state index contributed by atoms with van der Waals surface area (Å²) in [5, 5.41) is 8.70. The molecule has 1 N–H and O–H groups in total. The van der Waals surface area contributed by atoms with Gasteiger partial charge in [0.05, 0.1) is 5.92 Å². The van der Waals surface area contributed by atoms with Crippen molar-refractivity contribution in [3.8, 4) is 0 Å². The van der Waals surface area contributed by atoms with Gasteiger partial charge in [-0.3, -0.25) is 4.79 Å². The van der Waals surface area contributed by atoms with Crippen LogP contribution in [0.25, 0.3) is 0 Å². The fraction of sp³-hybridized carbons (Fsp3) is 0.778. The Morgan fingerprint density at radius 3 is 2.00 bits per heavy atom. The van der Waals surface area contributed by atoms with E-state index in [4.69, 9.17) is 5.11 Å². The highest BCUT2D eigenvalue weighted by molar-refractivity contribution is 5.87. The van der Waals surface area contributed by atoms with Crippen molar-refractivity contribution in [2.24, 2.45) is 5.92 Å². The van der Waals surface area contributed by atoms with Crippen LogP contribution in [-0.4, -0.2) is 46.8 Å². The summed E-state index contributed by atoms with van der Waals surface area (Å²) in [6, 6.07) is -2.54. The minimum Gasteiger partial charge on any atom is -0.480 e. The van der Waals surface area contributed by atoms with Crippen LogP contribution >= 0.6 is 0 Å². The molecule has 0 spiro atoms. The molecule has 0 bridgehead atoms. The Bertz CT molecular complexity index is 377. The molecule has 110 valence electrons. The summed E-state index contributed by atoms with van der Waals surface area (Å²) in [5.74, 6) is -7.15. The van der Waals surface area contributed by atoms with Crippen LogP contribution in [0.1, 0.15) is 12.8 Å². The Labute approximate surface area is 103 Å². The van der Waals surface area contributed by atoms with Gasteiger partial charge >= 0.3 is 24.2 Å². The van der Waals surface area contributed by atoms with Crippen LogP contribution in [0.3, 0.4) is 0 Å². The van der Waals surface area contributed by atoms with Crippen molar-refractivity contribution in [1.29, 1.82) is 0 Å². The smallest absolute Gasteiger partial charge is 0.471 e. The molecular formula is C9H9F6NO3. The van der Waals surface area contributed by atoms with Gasteiger partial charge in [0.1, 0.15) is 6.04 Å². The van der Waals surface area contributed by atoms with Crippen molar-refractivity contribution in [3.05, 3.63) is 0 Å². The normalized spacial score (nSPS) is 25.3. The zero-order valence-electron chi connectivity index (χ0n) is 9.25. The predicted octanol–water partition coefficient (Wildman–Crippen LogP) is 1.80. The van der Waals surface area contributed by atoms with Crippen molar-refractivity contribution in [2.45, 2.75) is 31.2 Å². The molecule has 1 rings (SSSR count). The molecule has 19 heavy (non-hydrogen) atoms. The quantitative estimate of drug-likeness (QED) is 0.750. The zero-order chi connectivity index (χ0) is 15.0. The minimum atomic E-state index is -5.40. The number of carbonyl (C=O) groups is 2. The lowest BCUT2D eigenvalue weighted by atomic mass is 9.88. The monoisotopic (exact) mass is 293 g/mol. The number of rotatable bonds is 1. The van der Waals surface area contributed by atoms with Crippen LogP contribution in [0, 0.1) is 5.92 Å². The van der Waals surface area contributed by atoms with E-state index in [2.05, 4.69) is 0 Å². The number of carboxylic acid groups (broad SMARTS) is 1. The highest BCUT2D eigenvalue weighted by atomic mass is 19.4. The molecule has 1 aliphatic rings. The molecule has 1 amide bonds. The predicted molar refractivity (Wildman–Crippen MR) is 48.0 cm³/mol. The lowest BCUT2D eigenvalue weighted by Crippen LogP contribution is -2.59. The average Bonchev–Trinajstić information content (AvgIpc) is 2.24. The molecule has 0 aliphatic carbocycles. The lowest BCUT2D eigenvalue weighted by Gasteiger charge is -2.39. The SMILES string of the molecule is O=C(O)[C@@H]1[C@H](C(F)(F)F)CCCN1C(=O)C(F)(F)F. The molecule has 1 aliphatic heterocycles. The maximum atomic E-state index is 12.6. The summed E-state index contributed by atoms with van der Waals surface area (Å²) in [5.41, 5.74) is 0. The lowest BCUT2D eigenvalue weighted by molar-refractivity contribution is -0.219. The topological polar surface area (TPSA) is 57.6 Å². The second-order valence-electron chi connectivity index (χ2n) is 4.07. The number of hydrogen-bond acceptors (Lipinski definition) is 2. The van der Waals surface area contributed by atoms with E-state index in [-0.39, 0.29) is 11.3 Å². The molecule has 0 aromatic carbocycles. The van der Waals surface area contributed by atoms with Crippen LogP contribution in [-0.2, 0) is 9.59 Å². The van der Waals surface area contributed by atoms with Gasteiger partial charge in [0.25, 0.3) is 0 Å². The molecule has 4 nitrogen and oxygen atoms in total. The minimum absolute atomic E-state index is 0.260. The van der Waals surface area contributed by atoms with Gasteiger partial charge < -0.3 is 10.0 Å². The first kappa shape index (κ1) is 15.6. The first-order valence-electron chi connectivity index (χ1n) is 5.13. The van der Waals surface area contributed by atoms with Gasteiger partial charge in [-0.15, -0.1) is 0 Å². The van der Waals surface area contributed by atoms with Crippen LogP contribution in [0.5, 0.6) is 0 Å². The summed E-state index contributed by atoms with van der Waals surface area (Å²) < 4.78 is 74.5. The average molecular weight is 293 g/mol. The largest absolute Gasteiger partial charge is 0.480 e. The number of nitrogens with zero attached hydrogens (tertiary/aromatic N) is 1. The Kier molecular flexibility index (Phi) is 4.01. The molecular weight excluding hydrogens is 284 g/mol. The number of likely N-dealkylation sites (tertiary alicyclic amines) is 1. The van der Waals surface area contributed by atoms with E-state index in [9.17, 15) is 35.9 Å². The van der Waals surface area contributed by atoms with Gasteiger partial charge in [0.15, 0.2) is 0 Å². The third-order valence-electron chi connectivity index (χ3n) is 2.81. The van der Waals surface area contributed by atoms with E-state index in [0.29, 0.717) is 0 Å². The number of amides is 1. The molecule has 1 heterocycles. The number of piperidine rings is 1. The standard InChI is InChI=1S/C9H9F6NO3/c10-8(11,12)4-2-1-3-16(5(4)6(17)18)7(19)9(13,14)15/h4-5H,1-3H2,(H,17,18)/t4-,5+/m1/s1. The van der Waals surface area contributed by atoms with Gasteiger partial charge in [-0.1, -0.05) is 0 Å². The molecule has 0 aromatic rings. The number of halogens is 6. The third kappa shape index (κ3) is 3.29. The highest BCUT2D eigenvalue weighted by Crippen LogP contribution is 2.38. The maximum absolute atomic E-state index is 12.6. The molecule has 1 fully saturated rings. The van der Waals surface area contributed by atoms with Crippen molar-refractivity contribution < 1.29 is 41.0 Å². The number of carbonyl (C=O) groups excluding carboxylic acids is 1. The zero-order valence-corrected chi connectivity index (χ0v) is 9.25. The second-order valence-corrected chi connectivity index (χ2v) is 4.07. The second kappa shape index (κ2) is 4.89. The van der Waals surface area contributed by atoms with E-state index < -0.39 is 49.2 Å². The van der Waals surface area contributed by atoms with E-state index in [1.54, 1.807) is 0 Å². The van der Waals surface area contributed by atoms with E-state index in [1.807, 2.05) is 0 Å². The molecule has 0 unspecified atom stereocenters. The summed E-state index contributed by atoms with van der Waals surface area (Å²) >= 11 is 0. The first-order valence-corrected chi connectivity index (χ1v) is 5.13. The van der Waals surface area contributed by atoms with Crippen LogP contribution in [0.2, 0.25) is 0 Å². The van der Waals surface area contributed by atoms with Crippen LogP contribution < -0.4 is 0 Å². The van der Waals surface area contributed by atoms with Gasteiger partial charge in [0.2, 0.25) is 0 Å². The van der Waals surface area contributed by atoms with Crippen LogP contribution in [0.4, 0.5) is 26.3 Å². The fourth-order valence-electron chi connectivity index (χ4n) is 2.03. The Balaban J connectivity index is 3.10. The Morgan fingerprint density at radius 2 is 1.63 bits per heavy atom. The molecule has 0 aromatic heterocycles. The van der Waals surface area contributed by atoms with Crippen molar-refractivity contribution in [1.82, 2.24) is 4.90 Å². The molecule has 0 radical (unpaired) electrons. The van der Waals surface area contributed by atoms with E-state index >= 15 is 0 Å². The molecule has 10 heteroatoms. The van der Waals surface area contributed by atoms with Crippen LogP contribution in [0.15, 0.2) is 0 Å². The van der Waals surface area contributed by atoms with Crippen molar-refractivity contribution >= 4 is 11.9 Å². The molecule has 1 saturated heterocycles. The van der Waals surface area contributed by atoms with E-state index in [1.165, 1.54) is 0 Å². The highest BCUT2D eigenvalue weighted by Gasteiger charge is 2.56. The molecule has 0 saturated carbocycles. The van der Waals surface area contributed by atoms with Crippen molar-refractivity contribution in [3.63, 3.8) is 0 Å². The van der Waals surface area contributed by atoms with E-state index in [0.717, 1.165) is 0 Å². The maximum Gasteiger partial charge on any atom is 0.471 e. The summed E-state index contributed by atoms with van der Waals surface area (Å²) in [6.45, 7) is -0.665. The van der Waals surface area contributed by atoms with Gasteiger partial charge in [-0.2, -0.15) is 26.3 Å². The van der Waals surface area contributed by atoms with Gasteiger partial charge in [0, 0.05) is 6.54 Å². The summed E-state index contributed by atoms with van der Waals surface area (Å²) in [6.07, 6.45) is -11.3. The number of aliphatic carboxylic acids is 1. The number of alkyl halides is 6. The summed E-state index contributed by atoms with van der Waals surface area (Å²) in [7, 11) is 0. The summed E-state index contributed by atoms with van der Waals surface area (Å²) in [4.78, 5) is 21.5. The van der Waals surface area contributed by atoms with Crippen molar-refractivity contribution in [2.75, 3.05) is 6.54 Å². The van der Waals surface area contributed by atoms with Gasteiger partial charge in [-0.25, -0.2) is 4.79 Å². The Morgan fingerprint density at radius 1 is 1.11 bits per heavy atom. The van der Waals surface area contributed by atoms with Gasteiger partial charge in [-0.05, 0) is 12.8 Å². The molecule has 2 atom stereocenters. The third-order valence-corrected chi connectivity index (χ3v) is 2.81.